The molecule has 0 radical (unpaired) electrons. The third-order valence-corrected chi connectivity index (χ3v) is 5.55. The van der Waals surface area contributed by atoms with Crippen LogP contribution in [-0.2, 0) is 9.53 Å². The fourth-order valence-corrected chi connectivity index (χ4v) is 3.77. The summed E-state index contributed by atoms with van der Waals surface area (Å²) in [6.07, 6.45) is 3.62. The zero-order valence-corrected chi connectivity index (χ0v) is 14.2. The van der Waals surface area contributed by atoms with E-state index < -0.39 is 19.6 Å². The Morgan fingerprint density at radius 2 is 2.11 bits per heavy atom. The Kier molecular flexibility index (Phi) is 5.20. The van der Waals surface area contributed by atoms with Gasteiger partial charge in [0, 0.05) is 5.92 Å². The molecule has 0 amide bonds. The number of ether oxygens (including phenoxy) is 1. The maximum Gasteiger partial charge on any atom is 0.339 e. The first-order valence-electron chi connectivity index (χ1n) is 6.45. The summed E-state index contributed by atoms with van der Waals surface area (Å²) in [6.45, 7) is 8.74. The van der Waals surface area contributed by atoms with Gasteiger partial charge in [0.25, 0.3) is 0 Å². The molecule has 0 aromatic rings. The molecule has 0 bridgehead atoms. The molecule has 1 rings (SSSR count). The van der Waals surface area contributed by atoms with Gasteiger partial charge in [-0.15, -0.1) is 0 Å². The van der Waals surface area contributed by atoms with Crippen LogP contribution in [0.5, 0.6) is 0 Å². The van der Waals surface area contributed by atoms with Crippen molar-refractivity contribution in [2.24, 2.45) is 5.92 Å². The van der Waals surface area contributed by atoms with Crippen molar-refractivity contribution in [1.29, 1.82) is 0 Å². The summed E-state index contributed by atoms with van der Waals surface area (Å²) in [5.74, 6) is -0.651. The van der Waals surface area contributed by atoms with Gasteiger partial charge >= 0.3 is 5.97 Å². The monoisotopic (exact) mass is 334 g/mol. The molecule has 0 unspecified atom stereocenters. The minimum absolute atomic E-state index is 0.146. The number of hydrogen-bond donors (Lipinski definition) is 1. The van der Waals surface area contributed by atoms with Gasteiger partial charge < -0.3 is 9.84 Å². The van der Waals surface area contributed by atoms with Gasteiger partial charge in [-0.2, -0.15) is 0 Å². The number of rotatable bonds is 4. The summed E-state index contributed by atoms with van der Waals surface area (Å²) in [7, 11) is -1.32. The molecule has 1 aliphatic rings. The molecule has 3 nitrogen and oxygen atoms in total. The number of alkyl halides is 1. The molecule has 0 heterocycles. The fraction of sp³-hybridized carbons (Fsp3) is 0.769. The summed E-state index contributed by atoms with van der Waals surface area (Å²) >= 11 is 3.42. The van der Waals surface area contributed by atoms with E-state index in [9.17, 15) is 9.90 Å². The van der Waals surface area contributed by atoms with E-state index in [1.807, 2.05) is 6.08 Å². The van der Waals surface area contributed by atoms with Gasteiger partial charge in [0.1, 0.15) is 0 Å². The lowest BCUT2D eigenvalue weighted by molar-refractivity contribution is -0.166. The molecule has 1 N–H and O–H groups in total. The topological polar surface area (TPSA) is 46.5 Å². The fourth-order valence-electron chi connectivity index (χ4n) is 2.17. The molecule has 0 aromatic carbocycles. The highest BCUT2D eigenvalue weighted by Crippen LogP contribution is 2.42. The van der Waals surface area contributed by atoms with E-state index in [0.29, 0.717) is 6.61 Å². The van der Waals surface area contributed by atoms with Crippen LogP contribution in [0, 0.1) is 5.92 Å². The third kappa shape index (κ3) is 3.45. The van der Waals surface area contributed by atoms with Gasteiger partial charge in [0.15, 0.2) is 5.60 Å². The lowest BCUT2D eigenvalue weighted by Gasteiger charge is -2.29. The Balaban J connectivity index is 2.91. The predicted octanol–water partition coefficient (Wildman–Crippen LogP) is 2.89. The van der Waals surface area contributed by atoms with Crippen molar-refractivity contribution in [2.45, 2.75) is 49.8 Å². The van der Waals surface area contributed by atoms with E-state index in [4.69, 9.17) is 4.74 Å². The molecule has 0 saturated heterocycles. The van der Waals surface area contributed by atoms with Gasteiger partial charge in [-0.25, -0.2) is 4.79 Å². The Bertz CT molecular complexity index is 338. The molecule has 3 atom stereocenters. The van der Waals surface area contributed by atoms with Crippen molar-refractivity contribution < 1.29 is 14.6 Å². The van der Waals surface area contributed by atoms with E-state index in [0.717, 1.165) is 12.8 Å². The lowest BCUT2D eigenvalue weighted by atomic mass is 9.91. The summed E-state index contributed by atoms with van der Waals surface area (Å²) in [5.41, 5.74) is 0.777. The predicted molar refractivity (Wildman–Crippen MR) is 79.5 cm³/mol. The summed E-state index contributed by atoms with van der Waals surface area (Å²) in [5, 5.41) is 10.7. The maximum atomic E-state index is 12.0. The number of aliphatic hydroxyl groups is 1. The highest BCUT2D eigenvalue weighted by Gasteiger charge is 2.53. The minimum atomic E-state index is -1.41. The molecule has 0 spiro atoms. The Labute approximate surface area is 119 Å². The summed E-state index contributed by atoms with van der Waals surface area (Å²) in [4.78, 5) is 11.8. The molecular formula is C13H23BrO3Si. The molecule has 0 aliphatic heterocycles. The second-order valence-corrected chi connectivity index (χ2v) is 12.1. The van der Waals surface area contributed by atoms with Crippen molar-refractivity contribution in [3.05, 3.63) is 11.8 Å². The normalized spacial score (nSPS) is 33.0. The van der Waals surface area contributed by atoms with Crippen LogP contribution in [0.25, 0.3) is 0 Å². The molecule has 104 valence electrons. The quantitative estimate of drug-likeness (QED) is 0.488. The number of halogens is 1. The first kappa shape index (κ1) is 15.9. The molecule has 0 aromatic heterocycles. The van der Waals surface area contributed by atoms with Crippen LogP contribution >= 0.6 is 15.9 Å². The molecule has 18 heavy (non-hydrogen) atoms. The number of carbonyl (C=O) groups is 1. The van der Waals surface area contributed by atoms with Crippen molar-refractivity contribution in [3.8, 4) is 0 Å². The number of hydrogen-bond acceptors (Lipinski definition) is 3. The van der Waals surface area contributed by atoms with E-state index in [-0.39, 0.29) is 10.7 Å². The van der Waals surface area contributed by atoms with E-state index in [1.165, 1.54) is 0 Å². The van der Waals surface area contributed by atoms with E-state index in [2.05, 4.69) is 41.3 Å². The number of esters is 1. The van der Waals surface area contributed by atoms with E-state index >= 15 is 0 Å². The zero-order chi connectivity index (χ0) is 14.0. The second-order valence-electron chi connectivity index (χ2n) is 5.92. The zero-order valence-electron chi connectivity index (χ0n) is 11.6. The van der Waals surface area contributed by atoms with Crippen molar-refractivity contribution in [1.82, 2.24) is 0 Å². The standard InChI is InChI=1S/C13H23BrO3Si/c1-5-17-12(15)13(16)10(6-7-11(13)14)8-9-18(2,3)4/h8-11,16H,5-7H2,1-4H3/b9-8+/t10-,11-,13+/m1/s1. The van der Waals surface area contributed by atoms with Crippen LogP contribution in [-0.4, -0.2) is 36.2 Å². The summed E-state index contributed by atoms with van der Waals surface area (Å²) < 4.78 is 5.02. The highest BCUT2D eigenvalue weighted by molar-refractivity contribution is 9.09. The highest BCUT2D eigenvalue weighted by atomic mass is 79.9. The first-order valence-corrected chi connectivity index (χ1v) is 10.9. The Morgan fingerprint density at radius 1 is 1.50 bits per heavy atom. The van der Waals surface area contributed by atoms with Gasteiger partial charge in [-0.05, 0) is 19.8 Å². The largest absolute Gasteiger partial charge is 0.464 e. The average molecular weight is 335 g/mol. The van der Waals surface area contributed by atoms with Crippen molar-refractivity contribution in [2.75, 3.05) is 6.61 Å². The maximum absolute atomic E-state index is 12.0. The van der Waals surface area contributed by atoms with Gasteiger partial charge in [0.05, 0.1) is 19.5 Å². The summed E-state index contributed by atoms with van der Waals surface area (Å²) in [6, 6.07) is 0. The SMILES string of the molecule is CCOC(=O)[C@@]1(O)[C@H](Br)CC[C@@H]1/C=C/[Si](C)(C)C. The molecule has 5 heteroatoms. The van der Waals surface area contributed by atoms with Crippen LogP contribution in [0.15, 0.2) is 11.8 Å². The first-order chi connectivity index (χ1) is 8.21. The lowest BCUT2D eigenvalue weighted by Crippen LogP contribution is -2.49. The van der Waals surface area contributed by atoms with Crippen LogP contribution in [0.2, 0.25) is 19.6 Å². The van der Waals surface area contributed by atoms with Gasteiger partial charge in [-0.3, -0.25) is 0 Å². The number of carbonyl (C=O) groups excluding carboxylic acids is 1. The smallest absolute Gasteiger partial charge is 0.339 e. The minimum Gasteiger partial charge on any atom is -0.464 e. The van der Waals surface area contributed by atoms with Crippen LogP contribution in [0.3, 0.4) is 0 Å². The molecule has 1 aliphatic carbocycles. The third-order valence-electron chi connectivity index (χ3n) is 3.20. The van der Waals surface area contributed by atoms with Crippen LogP contribution < -0.4 is 0 Å². The Hall–Kier alpha value is -0.133. The molecular weight excluding hydrogens is 312 g/mol. The van der Waals surface area contributed by atoms with Crippen molar-refractivity contribution >= 4 is 30.0 Å². The van der Waals surface area contributed by atoms with Crippen LogP contribution in [0.1, 0.15) is 19.8 Å². The van der Waals surface area contributed by atoms with Gasteiger partial charge in [0.2, 0.25) is 0 Å². The van der Waals surface area contributed by atoms with E-state index in [1.54, 1.807) is 6.92 Å². The second kappa shape index (κ2) is 5.88. The average Bonchev–Trinajstić information content (AvgIpc) is 2.54. The van der Waals surface area contributed by atoms with Crippen molar-refractivity contribution in [3.63, 3.8) is 0 Å². The van der Waals surface area contributed by atoms with Gasteiger partial charge in [-0.1, -0.05) is 47.3 Å². The Morgan fingerprint density at radius 3 is 2.61 bits per heavy atom. The van der Waals surface area contributed by atoms with Crippen LogP contribution in [0.4, 0.5) is 0 Å². The molecule has 1 fully saturated rings. The molecule has 1 saturated carbocycles.